The summed E-state index contributed by atoms with van der Waals surface area (Å²) in [6.07, 6.45) is 3.94. The van der Waals surface area contributed by atoms with E-state index in [-0.39, 0.29) is 17.8 Å². The lowest BCUT2D eigenvalue weighted by molar-refractivity contribution is -0.131. The first kappa shape index (κ1) is 17.5. The van der Waals surface area contributed by atoms with E-state index in [1.54, 1.807) is 12.1 Å². The van der Waals surface area contributed by atoms with E-state index in [2.05, 4.69) is 15.4 Å². The van der Waals surface area contributed by atoms with Gasteiger partial charge in [-0.2, -0.15) is 4.80 Å². The van der Waals surface area contributed by atoms with Crippen LogP contribution in [0.1, 0.15) is 32.1 Å². The quantitative estimate of drug-likeness (QED) is 0.888. The average Bonchev–Trinajstić information content (AvgIpc) is 2.96. The first-order valence-electron chi connectivity index (χ1n) is 8.69. The number of aryl methyl sites for hydroxylation is 1. The van der Waals surface area contributed by atoms with Gasteiger partial charge in [0.25, 0.3) is 0 Å². The number of rotatable bonds is 5. The van der Waals surface area contributed by atoms with Crippen LogP contribution in [0.15, 0.2) is 24.3 Å². The maximum absolute atomic E-state index is 12.9. The fourth-order valence-electron chi connectivity index (χ4n) is 2.95. The van der Waals surface area contributed by atoms with Gasteiger partial charge in [-0.1, -0.05) is 0 Å². The standard InChI is InChI=1S/C17H23FN6O/c18-14-7-5-13(6-8-14)17-20-22-24(21-17)11-2-4-16(25)23-10-1-3-15(19)9-12-23/h5-8,15H,1-4,9-12,19H2/t15-/m1/s1. The van der Waals surface area contributed by atoms with Crippen molar-refractivity contribution in [1.82, 2.24) is 25.1 Å². The van der Waals surface area contributed by atoms with Crippen LogP contribution in [0.3, 0.4) is 0 Å². The minimum absolute atomic E-state index is 0.160. The number of hydrogen-bond donors (Lipinski definition) is 1. The van der Waals surface area contributed by atoms with Crippen molar-refractivity contribution in [2.24, 2.45) is 5.73 Å². The summed E-state index contributed by atoms with van der Waals surface area (Å²) in [4.78, 5) is 15.7. The van der Waals surface area contributed by atoms with Gasteiger partial charge in [0.1, 0.15) is 5.82 Å². The van der Waals surface area contributed by atoms with Crippen LogP contribution >= 0.6 is 0 Å². The minimum Gasteiger partial charge on any atom is -0.343 e. The van der Waals surface area contributed by atoms with Gasteiger partial charge in [-0.15, -0.1) is 10.2 Å². The van der Waals surface area contributed by atoms with E-state index in [1.165, 1.54) is 16.9 Å². The summed E-state index contributed by atoms with van der Waals surface area (Å²) >= 11 is 0. The molecule has 0 radical (unpaired) electrons. The summed E-state index contributed by atoms with van der Waals surface area (Å²) in [7, 11) is 0. The van der Waals surface area contributed by atoms with E-state index in [4.69, 9.17) is 5.73 Å². The number of likely N-dealkylation sites (tertiary alicyclic amines) is 1. The van der Waals surface area contributed by atoms with Gasteiger partial charge in [0.15, 0.2) is 0 Å². The molecule has 7 nitrogen and oxygen atoms in total. The van der Waals surface area contributed by atoms with Crippen molar-refractivity contribution in [3.8, 4) is 11.4 Å². The second-order valence-electron chi connectivity index (χ2n) is 6.39. The van der Waals surface area contributed by atoms with Crippen molar-refractivity contribution in [3.63, 3.8) is 0 Å². The minimum atomic E-state index is -0.302. The van der Waals surface area contributed by atoms with Crippen LogP contribution in [0.4, 0.5) is 4.39 Å². The van der Waals surface area contributed by atoms with E-state index in [0.717, 1.165) is 32.4 Å². The molecule has 25 heavy (non-hydrogen) atoms. The largest absolute Gasteiger partial charge is 0.343 e. The van der Waals surface area contributed by atoms with Crippen molar-refractivity contribution < 1.29 is 9.18 Å². The van der Waals surface area contributed by atoms with Gasteiger partial charge in [-0.05, 0) is 55.2 Å². The number of tetrazole rings is 1. The monoisotopic (exact) mass is 346 g/mol. The van der Waals surface area contributed by atoms with Gasteiger partial charge in [-0.3, -0.25) is 4.79 Å². The molecule has 1 amide bonds. The molecule has 8 heteroatoms. The molecule has 2 aromatic rings. The molecule has 1 atom stereocenters. The Labute approximate surface area is 146 Å². The van der Waals surface area contributed by atoms with Gasteiger partial charge in [0.05, 0.1) is 6.54 Å². The number of carbonyl (C=O) groups excluding carboxylic acids is 1. The number of aromatic nitrogens is 4. The molecule has 2 heterocycles. The summed E-state index contributed by atoms with van der Waals surface area (Å²) in [5.41, 5.74) is 6.66. The predicted octanol–water partition coefficient (Wildman–Crippen LogP) is 1.60. The second-order valence-corrected chi connectivity index (χ2v) is 6.39. The van der Waals surface area contributed by atoms with E-state index >= 15 is 0 Å². The Bertz CT molecular complexity index is 701. The molecule has 1 saturated heterocycles. The summed E-state index contributed by atoms with van der Waals surface area (Å²) < 4.78 is 12.9. The molecule has 1 aromatic carbocycles. The van der Waals surface area contributed by atoms with Crippen molar-refractivity contribution in [3.05, 3.63) is 30.1 Å². The fourth-order valence-corrected chi connectivity index (χ4v) is 2.95. The van der Waals surface area contributed by atoms with Crippen molar-refractivity contribution in [2.45, 2.75) is 44.7 Å². The molecule has 1 aliphatic rings. The van der Waals surface area contributed by atoms with Gasteiger partial charge < -0.3 is 10.6 Å². The van der Waals surface area contributed by atoms with Crippen LogP contribution in [0, 0.1) is 5.82 Å². The summed E-state index contributed by atoms with van der Waals surface area (Å²) in [5, 5.41) is 12.2. The zero-order chi connectivity index (χ0) is 17.6. The Hall–Kier alpha value is -2.35. The summed E-state index contributed by atoms with van der Waals surface area (Å²) in [6.45, 7) is 2.06. The molecule has 0 unspecified atom stereocenters. The fraction of sp³-hybridized carbons (Fsp3) is 0.529. The number of hydrogen-bond acceptors (Lipinski definition) is 5. The zero-order valence-electron chi connectivity index (χ0n) is 14.1. The molecule has 2 N–H and O–H groups in total. The molecular formula is C17H23FN6O. The maximum Gasteiger partial charge on any atom is 0.222 e. The average molecular weight is 346 g/mol. The highest BCUT2D eigenvalue weighted by Gasteiger charge is 2.18. The number of nitrogens with zero attached hydrogens (tertiary/aromatic N) is 5. The van der Waals surface area contributed by atoms with Gasteiger partial charge in [0, 0.05) is 31.1 Å². The predicted molar refractivity (Wildman–Crippen MR) is 90.9 cm³/mol. The maximum atomic E-state index is 12.9. The lowest BCUT2D eigenvalue weighted by Gasteiger charge is -2.20. The molecule has 1 aromatic heterocycles. The van der Waals surface area contributed by atoms with E-state index in [9.17, 15) is 9.18 Å². The highest BCUT2D eigenvalue weighted by atomic mass is 19.1. The molecular weight excluding hydrogens is 323 g/mol. The third-order valence-electron chi connectivity index (χ3n) is 4.43. The Kier molecular flexibility index (Phi) is 5.70. The van der Waals surface area contributed by atoms with Crippen molar-refractivity contribution in [1.29, 1.82) is 0 Å². The molecule has 3 rings (SSSR count). The lowest BCUT2D eigenvalue weighted by Crippen LogP contribution is -2.32. The highest BCUT2D eigenvalue weighted by Crippen LogP contribution is 2.14. The molecule has 1 fully saturated rings. The topological polar surface area (TPSA) is 89.9 Å². The number of halogens is 1. The molecule has 134 valence electrons. The Balaban J connectivity index is 1.47. The highest BCUT2D eigenvalue weighted by molar-refractivity contribution is 5.76. The number of carbonyl (C=O) groups is 1. The van der Waals surface area contributed by atoms with Crippen molar-refractivity contribution >= 4 is 5.91 Å². The first-order valence-corrected chi connectivity index (χ1v) is 8.69. The van der Waals surface area contributed by atoms with Gasteiger partial charge >= 0.3 is 0 Å². The number of benzene rings is 1. The molecule has 0 aliphatic carbocycles. The Morgan fingerprint density at radius 2 is 2.04 bits per heavy atom. The number of nitrogens with two attached hydrogens (primary N) is 1. The van der Waals surface area contributed by atoms with Crippen LogP contribution in [0.5, 0.6) is 0 Å². The number of amides is 1. The van der Waals surface area contributed by atoms with Crippen LogP contribution in [-0.4, -0.2) is 50.1 Å². The Morgan fingerprint density at radius 1 is 1.24 bits per heavy atom. The molecule has 1 aliphatic heterocycles. The normalized spacial score (nSPS) is 18.2. The van der Waals surface area contributed by atoms with E-state index < -0.39 is 0 Å². The van der Waals surface area contributed by atoms with Crippen LogP contribution < -0.4 is 5.73 Å². The Morgan fingerprint density at radius 3 is 2.84 bits per heavy atom. The van der Waals surface area contributed by atoms with E-state index in [1.807, 2.05) is 4.90 Å². The third kappa shape index (κ3) is 4.82. The van der Waals surface area contributed by atoms with Crippen molar-refractivity contribution in [2.75, 3.05) is 13.1 Å². The van der Waals surface area contributed by atoms with E-state index in [0.29, 0.717) is 30.8 Å². The summed E-state index contributed by atoms with van der Waals surface area (Å²) in [5.74, 6) is 0.310. The van der Waals surface area contributed by atoms with Crippen LogP contribution in [0.2, 0.25) is 0 Å². The molecule has 0 bridgehead atoms. The van der Waals surface area contributed by atoms with Crippen LogP contribution in [-0.2, 0) is 11.3 Å². The molecule has 0 spiro atoms. The third-order valence-corrected chi connectivity index (χ3v) is 4.43. The smallest absolute Gasteiger partial charge is 0.222 e. The molecule has 0 saturated carbocycles. The van der Waals surface area contributed by atoms with Crippen LogP contribution in [0.25, 0.3) is 11.4 Å². The lowest BCUT2D eigenvalue weighted by atomic mass is 10.1. The SMILES string of the molecule is N[C@@H]1CCCN(C(=O)CCCn2nnc(-c3ccc(F)cc3)n2)CC1. The summed E-state index contributed by atoms with van der Waals surface area (Å²) in [6, 6.07) is 6.17. The van der Waals surface area contributed by atoms with Gasteiger partial charge in [0.2, 0.25) is 11.7 Å². The second kappa shape index (κ2) is 8.15. The van der Waals surface area contributed by atoms with Gasteiger partial charge in [-0.25, -0.2) is 4.39 Å². The first-order chi connectivity index (χ1) is 12.1. The zero-order valence-corrected chi connectivity index (χ0v) is 14.1.